The van der Waals surface area contributed by atoms with Crippen molar-refractivity contribution in [2.45, 2.75) is 71.8 Å². The van der Waals surface area contributed by atoms with E-state index in [1.807, 2.05) is 12.3 Å². The SMILES string of the molecule is CCC1CCCC(C2CCc3ccccc3C2Oc2c(C)cc(C)c3cccnc23)C1. The molecule has 2 nitrogen and oxygen atoms in total. The van der Waals surface area contributed by atoms with E-state index in [4.69, 9.17) is 9.72 Å². The maximum Gasteiger partial charge on any atom is 0.149 e. The maximum atomic E-state index is 7.05. The molecule has 3 aromatic rings. The third-order valence-corrected chi connectivity index (χ3v) is 7.99. The second-order valence-electron chi connectivity index (χ2n) is 9.88. The third kappa shape index (κ3) is 3.86. The maximum absolute atomic E-state index is 7.05. The standard InChI is InChI=1S/C29H35NO/c1-4-21-9-7-11-23(18-21)26-15-14-22-10-5-6-12-25(22)29(26)31-28-20(3)17-19(2)24-13-8-16-30-27(24)28/h5-6,8,10,12-13,16-17,21,23,26,29H,4,7,9,11,14-15,18H2,1-3H3. The first-order valence-electron chi connectivity index (χ1n) is 12.2. The fraction of sp³-hybridized carbons (Fsp3) is 0.483. The lowest BCUT2D eigenvalue weighted by molar-refractivity contribution is 0.0527. The van der Waals surface area contributed by atoms with E-state index >= 15 is 0 Å². The number of hydrogen-bond acceptors (Lipinski definition) is 2. The zero-order valence-corrected chi connectivity index (χ0v) is 19.2. The molecule has 0 amide bonds. The quantitative estimate of drug-likeness (QED) is 0.436. The van der Waals surface area contributed by atoms with Gasteiger partial charge in [-0.05, 0) is 73.3 Å². The van der Waals surface area contributed by atoms with Crippen LogP contribution in [0.1, 0.15) is 73.8 Å². The molecule has 0 bridgehead atoms. The van der Waals surface area contributed by atoms with E-state index in [2.05, 4.69) is 57.2 Å². The van der Waals surface area contributed by atoms with Crippen LogP contribution in [0.25, 0.3) is 10.9 Å². The van der Waals surface area contributed by atoms with Gasteiger partial charge in [0.1, 0.15) is 17.4 Å². The van der Waals surface area contributed by atoms with Crippen molar-refractivity contribution in [2.75, 3.05) is 0 Å². The van der Waals surface area contributed by atoms with Crippen molar-refractivity contribution < 1.29 is 4.74 Å². The van der Waals surface area contributed by atoms with Crippen molar-refractivity contribution in [2.24, 2.45) is 17.8 Å². The molecule has 2 aliphatic rings. The molecule has 1 saturated carbocycles. The van der Waals surface area contributed by atoms with Gasteiger partial charge in [-0.15, -0.1) is 0 Å². The summed E-state index contributed by atoms with van der Waals surface area (Å²) in [6.07, 6.45) is 11.3. The molecule has 2 aliphatic carbocycles. The highest BCUT2D eigenvalue weighted by Gasteiger charge is 2.38. The highest BCUT2D eigenvalue weighted by molar-refractivity contribution is 5.88. The lowest BCUT2D eigenvalue weighted by Gasteiger charge is -2.42. The zero-order valence-electron chi connectivity index (χ0n) is 19.2. The lowest BCUT2D eigenvalue weighted by atomic mass is 9.67. The summed E-state index contributed by atoms with van der Waals surface area (Å²) in [5.74, 6) is 3.22. The fourth-order valence-electron chi connectivity index (χ4n) is 6.30. The Hall–Kier alpha value is -2.35. The molecule has 0 spiro atoms. The first-order chi connectivity index (χ1) is 15.2. The first-order valence-corrected chi connectivity index (χ1v) is 12.2. The number of benzene rings is 2. The number of ether oxygens (including phenoxy) is 1. The van der Waals surface area contributed by atoms with Gasteiger partial charge < -0.3 is 4.74 Å². The molecule has 4 atom stereocenters. The molecule has 162 valence electrons. The number of aryl methyl sites for hydroxylation is 3. The van der Waals surface area contributed by atoms with E-state index in [1.165, 1.54) is 72.6 Å². The fourth-order valence-corrected chi connectivity index (χ4v) is 6.30. The van der Waals surface area contributed by atoms with E-state index in [0.717, 1.165) is 23.1 Å². The van der Waals surface area contributed by atoms with Gasteiger partial charge >= 0.3 is 0 Å². The molecule has 5 rings (SSSR count). The molecule has 31 heavy (non-hydrogen) atoms. The summed E-state index contributed by atoms with van der Waals surface area (Å²) in [5, 5.41) is 1.20. The molecule has 0 radical (unpaired) electrons. The molecule has 2 heteroatoms. The van der Waals surface area contributed by atoms with E-state index < -0.39 is 0 Å². The van der Waals surface area contributed by atoms with Crippen LogP contribution in [0.3, 0.4) is 0 Å². The van der Waals surface area contributed by atoms with Crippen LogP contribution in [0.4, 0.5) is 0 Å². The van der Waals surface area contributed by atoms with Crippen LogP contribution in [0, 0.1) is 31.6 Å². The molecule has 0 aliphatic heterocycles. The Labute approximate surface area is 187 Å². The minimum absolute atomic E-state index is 0.122. The summed E-state index contributed by atoms with van der Waals surface area (Å²) in [6, 6.07) is 15.4. The van der Waals surface area contributed by atoms with Gasteiger partial charge in [0.05, 0.1) is 0 Å². The molecule has 0 saturated heterocycles. The van der Waals surface area contributed by atoms with Gasteiger partial charge in [-0.25, -0.2) is 0 Å². The summed E-state index contributed by atoms with van der Waals surface area (Å²) >= 11 is 0. The van der Waals surface area contributed by atoms with E-state index in [-0.39, 0.29) is 6.10 Å². The predicted octanol–water partition coefficient (Wildman–Crippen LogP) is 7.75. The summed E-state index contributed by atoms with van der Waals surface area (Å²) < 4.78 is 7.05. The van der Waals surface area contributed by atoms with E-state index in [9.17, 15) is 0 Å². The number of fused-ring (bicyclic) bond motifs is 2. The van der Waals surface area contributed by atoms with Crippen molar-refractivity contribution in [1.82, 2.24) is 4.98 Å². The predicted molar refractivity (Wildman–Crippen MR) is 129 cm³/mol. The number of hydrogen-bond donors (Lipinski definition) is 0. The molecule has 0 N–H and O–H groups in total. The smallest absolute Gasteiger partial charge is 0.149 e. The molecule has 1 heterocycles. The van der Waals surface area contributed by atoms with Crippen LogP contribution >= 0.6 is 0 Å². The first kappa shape index (κ1) is 20.5. The Kier molecular flexibility index (Phi) is 5.73. The van der Waals surface area contributed by atoms with Crippen LogP contribution in [0.5, 0.6) is 5.75 Å². The number of rotatable bonds is 4. The van der Waals surface area contributed by atoms with Crippen LogP contribution < -0.4 is 4.74 Å². The Morgan fingerprint density at radius 3 is 2.74 bits per heavy atom. The number of pyridine rings is 1. The molecule has 2 aromatic carbocycles. The highest BCUT2D eigenvalue weighted by atomic mass is 16.5. The van der Waals surface area contributed by atoms with Gasteiger partial charge in [-0.3, -0.25) is 4.98 Å². The number of nitrogens with zero attached hydrogens (tertiary/aromatic N) is 1. The van der Waals surface area contributed by atoms with E-state index in [1.54, 1.807) is 0 Å². The van der Waals surface area contributed by atoms with Gasteiger partial charge in [-0.2, -0.15) is 0 Å². The minimum atomic E-state index is 0.122. The number of aromatic nitrogens is 1. The molecule has 1 aromatic heterocycles. The second kappa shape index (κ2) is 8.65. The van der Waals surface area contributed by atoms with E-state index in [0.29, 0.717) is 5.92 Å². The van der Waals surface area contributed by atoms with Crippen molar-refractivity contribution in [3.05, 3.63) is 70.9 Å². The van der Waals surface area contributed by atoms with Crippen molar-refractivity contribution in [1.29, 1.82) is 0 Å². The minimum Gasteiger partial charge on any atom is -0.483 e. The molecular formula is C29H35NO. The van der Waals surface area contributed by atoms with Crippen LogP contribution in [-0.2, 0) is 6.42 Å². The Balaban J connectivity index is 1.57. The van der Waals surface area contributed by atoms with Crippen LogP contribution in [0.15, 0.2) is 48.7 Å². The molecular weight excluding hydrogens is 378 g/mol. The molecule has 1 fully saturated rings. The average molecular weight is 414 g/mol. The van der Waals surface area contributed by atoms with Gasteiger partial charge in [0.2, 0.25) is 0 Å². The van der Waals surface area contributed by atoms with Gasteiger partial charge in [0.25, 0.3) is 0 Å². The van der Waals surface area contributed by atoms with Crippen molar-refractivity contribution in [3.8, 4) is 5.75 Å². The largest absolute Gasteiger partial charge is 0.483 e. The van der Waals surface area contributed by atoms with Gasteiger partial charge in [-0.1, -0.05) is 69.0 Å². The monoisotopic (exact) mass is 413 g/mol. The molecule has 4 unspecified atom stereocenters. The Morgan fingerprint density at radius 1 is 1.00 bits per heavy atom. The van der Waals surface area contributed by atoms with Gasteiger partial charge in [0.15, 0.2) is 0 Å². The van der Waals surface area contributed by atoms with Crippen LogP contribution in [0.2, 0.25) is 0 Å². The highest BCUT2D eigenvalue weighted by Crippen LogP contribution is 2.48. The third-order valence-electron chi connectivity index (χ3n) is 7.99. The van der Waals surface area contributed by atoms with Crippen molar-refractivity contribution >= 4 is 10.9 Å². The van der Waals surface area contributed by atoms with Gasteiger partial charge in [0, 0.05) is 17.5 Å². The summed E-state index contributed by atoms with van der Waals surface area (Å²) in [5.41, 5.74) is 6.35. The topological polar surface area (TPSA) is 22.1 Å². The summed E-state index contributed by atoms with van der Waals surface area (Å²) in [4.78, 5) is 4.76. The Bertz CT molecular complexity index is 1070. The Morgan fingerprint density at radius 2 is 1.87 bits per heavy atom. The van der Waals surface area contributed by atoms with Crippen molar-refractivity contribution in [3.63, 3.8) is 0 Å². The average Bonchev–Trinajstić information content (AvgIpc) is 2.81. The normalized spacial score (nSPS) is 25.9. The lowest BCUT2D eigenvalue weighted by Crippen LogP contribution is -2.33. The summed E-state index contributed by atoms with van der Waals surface area (Å²) in [7, 11) is 0. The van der Waals surface area contributed by atoms with Crippen LogP contribution in [-0.4, -0.2) is 4.98 Å². The zero-order chi connectivity index (χ0) is 21.4. The second-order valence-corrected chi connectivity index (χ2v) is 9.88. The summed E-state index contributed by atoms with van der Waals surface area (Å²) in [6.45, 7) is 6.71.